The maximum Gasteiger partial charge on any atom is 0.302 e. The number of ether oxygens (including phenoxy) is 4. The van der Waals surface area contributed by atoms with E-state index in [1.54, 1.807) is 0 Å². The summed E-state index contributed by atoms with van der Waals surface area (Å²) in [5.74, 6) is -0.902. The van der Waals surface area contributed by atoms with Crippen molar-refractivity contribution in [1.29, 1.82) is 0 Å². The second-order valence-electron chi connectivity index (χ2n) is 12.1. The largest absolute Gasteiger partial charge is 0.466 e. The Labute approximate surface area is 213 Å². The Bertz CT molecular complexity index is 971. The van der Waals surface area contributed by atoms with Crippen LogP contribution in [0.3, 0.4) is 0 Å². The van der Waals surface area contributed by atoms with Crippen LogP contribution in [0.1, 0.15) is 80.1 Å². The minimum atomic E-state index is -0.322. The topological polar surface area (TPSA) is 105 Å². The van der Waals surface area contributed by atoms with Crippen LogP contribution in [0.4, 0.5) is 0 Å². The second-order valence-corrected chi connectivity index (χ2v) is 12.1. The van der Waals surface area contributed by atoms with E-state index in [1.165, 1.54) is 33.3 Å². The number of carbonyl (C=O) groups excluding carboxylic acids is 4. The molecule has 200 valence electrons. The lowest BCUT2D eigenvalue weighted by Gasteiger charge is -2.58. The van der Waals surface area contributed by atoms with Crippen LogP contribution in [-0.2, 0) is 38.1 Å². The van der Waals surface area contributed by atoms with E-state index >= 15 is 0 Å². The molecule has 36 heavy (non-hydrogen) atoms. The summed E-state index contributed by atoms with van der Waals surface area (Å²) in [7, 11) is 0. The predicted molar refractivity (Wildman–Crippen MR) is 129 cm³/mol. The summed E-state index contributed by atoms with van der Waals surface area (Å²) in [5.41, 5.74) is 0.608. The number of esters is 4. The summed E-state index contributed by atoms with van der Waals surface area (Å²) in [6.07, 6.45) is 6.39. The quantitative estimate of drug-likeness (QED) is 0.289. The third-order valence-corrected chi connectivity index (χ3v) is 9.41. The molecule has 4 rings (SSSR count). The van der Waals surface area contributed by atoms with Gasteiger partial charge in [0.2, 0.25) is 0 Å². The van der Waals surface area contributed by atoms with Gasteiger partial charge in [-0.15, -0.1) is 0 Å². The molecule has 0 amide bonds. The van der Waals surface area contributed by atoms with E-state index in [1.807, 2.05) is 0 Å². The van der Waals surface area contributed by atoms with E-state index < -0.39 is 0 Å². The molecule has 0 unspecified atom stereocenters. The van der Waals surface area contributed by atoms with E-state index in [9.17, 15) is 19.2 Å². The zero-order chi connectivity index (χ0) is 26.5. The Morgan fingerprint density at radius 2 is 1.50 bits per heavy atom. The Morgan fingerprint density at radius 3 is 2.11 bits per heavy atom. The third kappa shape index (κ3) is 4.92. The van der Waals surface area contributed by atoms with Crippen LogP contribution in [0, 0.1) is 34.0 Å². The molecule has 8 atom stereocenters. The Morgan fingerprint density at radius 1 is 0.861 bits per heavy atom. The molecule has 0 N–H and O–H groups in total. The summed E-state index contributed by atoms with van der Waals surface area (Å²) in [6, 6.07) is 0. The smallest absolute Gasteiger partial charge is 0.302 e. The monoisotopic (exact) mass is 504 g/mol. The lowest BCUT2D eigenvalue weighted by atomic mass is 9.48. The van der Waals surface area contributed by atoms with E-state index in [2.05, 4.69) is 19.9 Å². The van der Waals surface area contributed by atoms with Crippen LogP contribution >= 0.6 is 0 Å². The number of carbonyl (C=O) groups is 4. The summed E-state index contributed by atoms with van der Waals surface area (Å²) < 4.78 is 22.6. The molecule has 8 nitrogen and oxygen atoms in total. The average Bonchev–Trinajstić information content (AvgIpc) is 3.49. The molecule has 0 radical (unpaired) electrons. The molecule has 0 heterocycles. The zero-order valence-corrected chi connectivity index (χ0v) is 22.4. The van der Waals surface area contributed by atoms with Gasteiger partial charge in [0.25, 0.3) is 0 Å². The van der Waals surface area contributed by atoms with Crippen molar-refractivity contribution in [3.8, 4) is 0 Å². The van der Waals surface area contributed by atoms with Gasteiger partial charge in [0, 0.05) is 44.9 Å². The lowest BCUT2D eigenvalue weighted by Crippen LogP contribution is -2.56. The maximum atomic E-state index is 12.2. The van der Waals surface area contributed by atoms with E-state index in [4.69, 9.17) is 18.9 Å². The first-order chi connectivity index (χ1) is 16.8. The van der Waals surface area contributed by atoms with Crippen LogP contribution in [0.2, 0.25) is 0 Å². The van der Waals surface area contributed by atoms with Gasteiger partial charge < -0.3 is 18.9 Å². The van der Waals surface area contributed by atoms with Gasteiger partial charge in [0.15, 0.2) is 0 Å². The maximum absolute atomic E-state index is 12.2. The molecule has 0 aromatic heterocycles. The minimum Gasteiger partial charge on any atom is -0.466 e. The first-order valence-corrected chi connectivity index (χ1v) is 13.1. The molecule has 0 bridgehead atoms. The first-order valence-electron chi connectivity index (χ1n) is 13.1. The van der Waals surface area contributed by atoms with E-state index in [0.29, 0.717) is 19.4 Å². The summed E-state index contributed by atoms with van der Waals surface area (Å²) in [6.45, 7) is 10.8. The SMILES string of the molecule is CC(=O)OCC[C@@]1(C)CC=C2[C@@H](C1)[C@H](OC(C)=O)C[C@@H]1[C@@]3(COC(C)=O)C[C@H]3[C@H](OC(C)=O)C[C@@]21C. The molecule has 0 aromatic rings. The van der Waals surface area contributed by atoms with Crippen molar-refractivity contribution in [3.63, 3.8) is 0 Å². The molecule has 3 fully saturated rings. The Kier molecular flexibility index (Phi) is 7.03. The van der Waals surface area contributed by atoms with E-state index in [-0.39, 0.29) is 76.7 Å². The van der Waals surface area contributed by atoms with Gasteiger partial charge in [0.05, 0.1) is 13.2 Å². The third-order valence-electron chi connectivity index (χ3n) is 9.41. The van der Waals surface area contributed by atoms with Crippen molar-refractivity contribution in [3.05, 3.63) is 11.6 Å². The highest BCUT2D eigenvalue weighted by molar-refractivity contribution is 5.67. The molecular formula is C28H40O8. The van der Waals surface area contributed by atoms with Gasteiger partial charge in [-0.3, -0.25) is 19.2 Å². The van der Waals surface area contributed by atoms with E-state index in [0.717, 1.165) is 25.7 Å². The van der Waals surface area contributed by atoms with Crippen molar-refractivity contribution in [1.82, 2.24) is 0 Å². The fourth-order valence-corrected chi connectivity index (χ4v) is 7.85. The molecule has 0 saturated heterocycles. The first kappa shape index (κ1) is 26.7. The molecule has 4 aliphatic carbocycles. The van der Waals surface area contributed by atoms with Gasteiger partial charge in [-0.25, -0.2) is 0 Å². The summed E-state index contributed by atoms with van der Waals surface area (Å²) in [4.78, 5) is 47.2. The summed E-state index contributed by atoms with van der Waals surface area (Å²) in [5, 5.41) is 0. The highest BCUT2D eigenvalue weighted by atomic mass is 16.6. The Balaban J connectivity index is 1.70. The minimum absolute atomic E-state index is 0.0327. The lowest BCUT2D eigenvalue weighted by molar-refractivity contribution is -0.170. The molecule has 3 saturated carbocycles. The van der Waals surface area contributed by atoms with Crippen molar-refractivity contribution < 1.29 is 38.1 Å². The number of rotatable bonds is 7. The highest BCUT2D eigenvalue weighted by Crippen LogP contribution is 2.74. The van der Waals surface area contributed by atoms with Gasteiger partial charge in [-0.1, -0.05) is 25.5 Å². The molecule has 4 aliphatic rings. The Hall–Kier alpha value is -2.38. The van der Waals surface area contributed by atoms with Gasteiger partial charge >= 0.3 is 23.9 Å². The molecule has 0 aliphatic heterocycles. The van der Waals surface area contributed by atoms with Crippen LogP contribution < -0.4 is 0 Å². The molecule has 0 aromatic carbocycles. The van der Waals surface area contributed by atoms with Gasteiger partial charge in [-0.2, -0.15) is 0 Å². The number of allylic oxidation sites excluding steroid dienone is 1. The van der Waals surface area contributed by atoms with Crippen LogP contribution in [0.5, 0.6) is 0 Å². The fourth-order valence-electron chi connectivity index (χ4n) is 7.85. The average molecular weight is 505 g/mol. The van der Waals surface area contributed by atoms with Crippen LogP contribution in [0.25, 0.3) is 0 Å². The molecule has 8 heteroatoms. The molecular weight excluding hydrogens is 464 g/mol. The van der Waals surface area contributed by atoms with Gasteiger partial charge in [0.1, 0.15) is 12.2 Å². The number of fused-ring (bicyclic) bond motifs is 5. The summed E-state index contributed by atoms with van der Waals surface area (Å²) >= 11 is 0. The second kappa shape index (κ2) is 9.49. The highest BCUT2D eigenvalue weighted by Gasteiger charge is 2.73. The van der Waals surface area contributed by atoms with Crippen LogP contribution in [-0.4, -0.2) is 49.3 Å². The van der Waals surface area contributed by atoms with Gasteiger partial charge in [-0.05, 0) is 55.3 Å². The standard InChI is InChI=1S/C28H40O8/c1-16(29)33-10-9-26(5)8-7-21-20(12-26)23(35-18(3)31)11-25-27(21,6)14-24(36-19(4)32)22-13-28(22,25)15-34-17(2)30/h7,20,22-25H,8-15H2,1-6H3/t20-,22+,23-,24-,25+,26-,27+,28-/m1/s1. The van der Waals surface area contributed by atoms with Crippen molar-refractivity contribution in [2.24, 2.45) is 34.0 Å². The number of hydrogen-bond acceptors (Lipinski definition) is 8. The van der Waals surface area contributed by atoms with Crippen LogP contribution in [0.15, 0.2) is 11.6 Å². The van der Waals surface area contributed by atoms with Crippen molar-refractivity contribution in [2.75, 3.05) is 13.2 Å². The van der Waals surface area contributed by atoms with Crippen molar-refractivity contribution in [2.45, 2.75) is 92.3 Å². The molecule has 0 spiro atoms. The van der Waals surface area contributed by atoms with Crippen molar-refractivity contribution >= 4 is 23.9 Å². The number of hydrogen-bond donors (Lipinski definition) is 0. The fraction of sp³-hybridized carbons (Fsp3) is 0.786. The normalized spacial score (nSPS) is 40.4. The predicted octanol–water partition coefficient (Wildman–Crippen LogP) is 4.15. The zero-order valence-electron chi connectivity index (χ0n) is 22.4.